The van der Waals surface area contributed by atoms with E-state index in [-0.39, 0.29) is 6.03 Å². The Hall–Kier alpha value is -1.55. The van der Waals surface area contributed by atoms with Crippen molar-refractivity contribution in [2.75, 3.05) is 31.5 Å². The summed E-state index contributed by atoms with van der Waals surface area (Å²) in [7, 11) is 0. The van der Waals surface area contributed by atoms with Crippen LogP contribution in [0.5, 0.6) is 0 Å². The molecular weight excluding hydrogens is 286 g/mol. The van der Waals surface area contributed by atoms with Crippen LogP contribution in [0.25, 0.3) is 0 Å². The first-order valence-electron chi connectivity index (χ1n) is 9.01. The van der Waals surface area contributed by atoms with Gasteiger partial charge in [0.15, 0.2) is 0 Å². The van der Waals surface area contributed by atoms with E-state index in [0.29, 0.717) is 0 Å². The Labute approximate surface area is 139 Å². The molecule has 1 saturated carbocycles. The summed E-state index contributed by atoms with van der Waals surface area (Å²) in [5.74, 6) is 0. The molecule has 2 aliphatic rings. The number of urea groups is 1. The van der Waals surface area contributed by atoms with Gasteiger partial charge in [-0.1, -0.05) is 37.0 Å². The molecule has 1 N–H and O–H groups in total. The summed E-state index contributed by atoms with van der Waals surface area (Å²) in [4.78, 5) is 17.0. The van der Waals surface area contributed by atoms with E-state index in [1.807, 2.05) is 24.0 Å². The minimum atomic E-state index is 0.0419. The molecule has 1 aliphatic heterocycles. The molecular formula is C19H29N3O. The van der Waals surface area contributed by atoms with Crippen molar-refractivity contribution in [2.24, 2.45) is 0 Å². The number of nitrogens with one attached hydrogen (secondary N) is 1. The molecule has 0 spiro atoms. The lowest BCUT2D eigenvalue weighted by atomic mass is 9.94. The smallest absolute Gasteiger partial charge is 0.321 e. The second kappa shape index (κ2) is 7.35. The van der Waals surface area contributed by atoms with Gasteiger partial charge in [-0.05, 0) is 38.3 Å². The highest BCUT2D eigenvalue weighted by Crippen LogP contribution is 2.24. The van der Waals surface area contributed by atoms with E-state index in [0.717, 1.165) is 43.5 Å². The fourth-order valence-electron chi connectivity index (χ4n) is 3.88. The van der Waals surface area contributed by atoms with Crippen LogP contribution >= 0.6 is 0 Å². The van der Waals surface area contributed by atoms with Crippen LogP contribution in [0.1, 0.15) is 43.2 Å². The standard InChI is InChI=1S/C19H29N3O/c1-15-8-9-18(16(2)14-15)20-19(23)22-12-10-21(11-13-22)17-6-4-3-5-7-17/h8-9,14,17H,3-7,10-13H2,1-2H3,(H,20,23). The summed E-state index contributed by atoms with van der Waals surface area (Å²) in [6, 6.07) is 6.95. The number of amides is 2. The minimum absolute atomic E-state index is 0.0419. The third-order valence-corrected chi connectivity index (χ3v) is 5.32. The third kappa shape index (κ3) is 4.05. The molecule has 0 aromatic heterocycles. The van der Waals surface area contributed by atoms with Crippen LogP contribution in [0.2, 0.25) is 0 Å². The van der Waals surface area contributed by atoms with Crippen molar-refractivity contribution in [2.45, 2.75) is 52.0 Å². The van der Waals surface area contributed by atoms with E-state index in [1.54, 1.807) is 0 Å². The fraction of sp³-hybridized carbons (Fsp3) is 0.632. The van der Waals surface area contributed by atoms with Crippen molar-refractivity contribution in [1.82, 2.24) is 9.80 Å². The van der Waals surface area contributed by atoms with Gasteiger partial charge in [0.05, 0.1) is 0 Å². The van der Waals surface area contributed by atoms with Crippen LogP contribution in [0.3, 0.4) is 0 Å². The summed E-state index contributed by atoms with van der Waals surface area (Å²) >= 11 is 0. The zero-order chi connectivity index (χ0) is 16.2. The Bertz CT molecular complexity index is 544. The molecule has 1 saturated heterocycles. The number of hydrogen-bond acceptors (Lipinski definition) is 2. The summed E-state index contributed by atoms with van der Waals surface area (Å²) in [6.45, 7) is 7.84. The van der Waals surface area contributed by atoms with Gasteiger partial charge in [-0.2, -0.15) is 0 Å². The van der Waals surface area contributed by atoms with Crippen LogP contribution in [0, 0.1) is 13.8 Å². The Morgan fingerprint density at radius 3 is 2.39 bits per heavy atom. The molecule has 1 aromatic carbocycles. The van der Waals surface area contributed by atoms with Crippen molar-refractivity contribution >= 4 is 11.7 Å². The lowest BCUT2D eigenvalue weighted by Crippen LogP contribution is -2.53. The Balaban J connectivity index is 1.51. The van der Waals surface area contributed by atoms with Crippen molar-refractivity contribution in [3.8, 4) is 0 Å². The average Bonchev–Trinajstić information content (AvgIpc) is 2.58. The maximum absolute atomic E-state index is 12.5. The molecule has 1 aliphatic carbocycles. The van der Waals surface area contributed by atoms with E-state index < -0.39 is 0 Å². The maximum atomic E-state index is 12.5. The molecule has 23 heavy (non-hydrogen) atoms. The van der Waals surface area contributed by atoms with Gasteiger partial charge in [0.2, 0.25) is 0 Å². The Morgan fingerprint density at radius 1 is 1.04 bits per heavy atom. The van der Waals surface area contributed by atoms with Crippen molar-refractivity contribution in [1.29, 1.82) is 0 Å². The molecule has 1 heterocycles. The van der Waals surface area contributed by atoms with E-state index >= 15 is 0 Å². The molecule has 0 unspecified atom stereocenters. The second-order valence-corrected chi connectivity index (χ2v) is 7.06. The zero-order valence-electron chi connectivity index (χ0n) is 14.5. The zero-order valence-corrected chi connectivity index (χ0v) is 14.5. The van der Waals surface area contributed by atoms with Crippen LogP contribution in [-0.4, -0.2) is 48.1 Å². The monoisotopic (exact) mass is 315 g/mol. The molecule has 0 atom stereocenters. The third-order valence-electron chi connectivity index (χ3n) is 5.32. The number of rotatable bonds is 2. The summed E-state index contributed by atoms with van der Waals surface area (Å²) in [5.41, 5.74) is 3.27. The summed E-state index contributed by atoms with van der Waals surface area (Å²) < 4.78 is 0. The summed E-state index contributed by atoms with van der Waals surface area (Å²) in [6.07, 6.45) is 6.83. The first-order chi connectivity index (χ1) is 11.1. The topological polar surface area (TPSA) is 35.6 Å². The molecule has 126 valence electrons. The van der Waals surface area contributed by atoms with E-state index in [4.69, 9.17) is 0 Å². The summed E-state index contributed by atoms with van der Waals surface area (Å²) in [5, 5.41) is 3.07. The number of piperazine rings is 1. The van der Waals surface area contributed by atoms with Crippen LogP contribution in [0.15, 0.2) is 18.2 Å². The maximum Gasteiger partial charge on any atom is 0.321 e. The quantitative estimate of drug-likeness (QED) is 0.901. The van der Waals surface area contributed by atoms with Gasteiger partial charge in [0.1, 0.15) is 0 Å². The highest BCUT2D eigenvalue weighted by Gasteiger charge is 2.27. The van der Waals surface area contributed by atoms with Gasteiger partial charge in [-0.15, -0.1) is 0 Å². The number of carbonyl (C=O) groups is 1. The number of hydrogen-bond donors (Lipinski definition) is 1. The largest absolute Gasteiger partial charge is 0.322 e. The number of anilines is 1. The molecule has 4 heteroatoms. The molecule has 1 aromatic rings. The van der Waals surface area contributed by atoms with Crippen LogP contribution < -0.4 is 5.32 Å². The predicted molar refractivity (Wildman–Crippen MR) is 95.0 cm³/mol. The highest BCUT2D eigenvalue weighted by molar-refractivity contribution is 5.90. The number of aryl methyl sites for hydroxylation is 2. The van der Waals surface area contributed by atoms with Gasteiger partial charge in [0.25, 0.3) is 0 Å². The van der Waals surface area contributed by atoms with Gasteiger partial charge < -0.3 is 10.2 Å². The lowest BCUT2D eigenvalue weighted by molar-refractivity contribution is 0.0943. The minimum Gasteiger partial charge on any atom is -0.322 e. The van der Waals surface area contributed by atoms with E-state index in [2.05, 4.69) is 23.2 Å². The Morgan fingerprint density at radius 2 is 1.74 bits per heavy atom. The first kappa shape index (κ1) is 16.3. The fourth-order valence-corrected chi connectivity index (χ4v) is 3.88. The van der Waals surface area contributed by atoms with Crippen LogP contribution in [-0.2, 0) is 0 Å². The second-order valence-electron chi connectivity index (χ2n) is 7.06. The Kier molecular flexibility index (Phi) is 5.21. The molecule has 0 bridgehead atoms. The molecule has 2 fully saturated rings. The first-order valence-corrected chi connectivity index (χ1v) is 9.01. The average molecular weight is 315 g/mol. The van der Waals surface area contributed by atoms with Crippen molar-refractivity contribution in [3.05, 3.63) is 29.3 Å². The molecule has 3 rings (SSSR count). The van der Waals surface area contributed by atoms with Gasteiger partial charge in [0, 0.05) is 37.9 Å². The van der Waals surface area contributed by atoms with Crippen molar-refractivity contribution in [3.63, 3.8) is 0 Å². The van der Waals surface area contributed by atoms with Gasteiger partial charge in [-0.25, -0.2) is 4.79 Å². The van der Waals surface area contributed by atoms with Crippen LogP contribution in [0.4, 0.5) is 10.5 Å². The van der Waals surface area contributed by atoms with Gasteiger partial charge in [-0.3, -0.25) is 4.90 Å². The number of nitrogens with zero attached hydrogens (tertiary/aromatic N) is 2. The molecule has 4 nitrogen and oxygen atoms in total. The van der Waals surface area contributed by atoms with Gasteiger partial charge >= 0.3 is 6.03 Å². The molecule has 0 radical (unpaired) electrons. The molecule has 2 amide bonds. The van der Waals surface area contributed by atoms with E-state index in [1.165, 1.54) is 37.7 Å². The normalized spacial score (nSPS) is 20.5. The number of carbonyl (C=O) groups excluding carboxylic acids is 1. The SMILES string of the molecule is Cc1ccc(NC(=O)N2CCN(C3CCCCC3)CC2)c(C)c1. The number of benzene rings is 1. The van der Waals surface area contributed by atoms with Crippen molar-refractivity contribution < 1.29 is 4.79 Å². The predicted octanol–water partition coefficient (Wildman–Crippen LogP) is 3.79. The highest BCUT2D eigenvalue weighted by atomic mass is 16.2. The lowest BCUT2D eigenvalue weighted by Gasteiger charge is -2.40. The van der Waals surface area contributed by atoms with E-state index in [9.17, 15) is 4.79 Å².